The highest BCUT2D eigenvalue weighted by Crippen LogP contribution is 2.22. The summed E-state index contributed by atoms with van der Waals surface area (Å²) >= 11 is 1.76. The van der Waals surface area contributed by atoms with Crippen LogP contribution in [0.15, 0.2) is 22.0 Å². The van der Waals surface area contributed by atoms with Crippen molar-refractivity contribution in [3.63, 3.8) is 0 Å². The molecule has 0 unspecified atom stereocenters. The fourth-order valence-corrected chi connectivity index (χ4v) is 3.84. The third-order valence-corrected chi connectivity index (χ3v) is 5.42. The normalized spacial score (nSPS) is 17.1. The lowest BCUT2D eigenvalue weighted by atomic mass is 9.98. The summed E-state index contributed by atoms with van der Waals surface area (Å²) in [5.41, 5.74) is 0. The second-order valence-corrected chi connectivity index (χ2v) is 7.24. The first kappa shape index (κ1) is 18.4. The van der Waals surface area contributed by atoms with Gasteiger partial charge in [0.05, 0.1) is 6.54 Å². The number of urea groups is 1. The highest BCUT2D eigenvalue weighted by atomic mass is 32.1. The number of thiophene rings is 1. The van der Waals surface area contributed by atoms with Crippen LogP contribution in [-0.4, -0.2) is 46.6 Å². The summed E-state index contributed by atoms with van der Waals surface area (Å²) in [5, 5.41) is 10.9. The number of likely N-dealkylation sites (tertiary alicyclic amines) is 1. The van der Waals surface area contributed by atoms with Crippen molar-refractivity contribution in [3.8, 4) is 0 Å². The quantitative estimate of drug-likeness (QED) is 0.804. The number of carbonyl (C=O) groups is 2. The summed E-state index contributed by atoms with van der Waals surface area (Å²) in [7, 11) is 1.49. The summed E-state index contributed by atoms with van der Waals surface area (Å²) in [5.74, 6) is -0.247. The monoisotopic (exact) mass is 377 g/mol. The van der Waals surface area contributed by atoms with Gasteiger partial charge in [-0.1, -0.05) is 11.2 Å². The lowest BCUT2D eigenvalue weighted by Crippen LogP contribution is -2.48. The van der Waals surface area contributed by atoms with E-state index in [0.717, 1.165) is 38.6 Å². The molecular formula is C17H23N5O3S. The summed E-state index contributed by atoms with van der Waals surface area (Å²) in [4.78, 5) is 31.2. The van der Waals surface area contributed by atoms with E-state index in [0.29, 0.717) is 0 Å². The Hall–Kier alpha value is -2.42. The molecule has 140 valence electrons. The van der Waals surface area contributed by atoms with E-state index in [2.05, 4.69) is 38.3 Å². The Kier molecular flexibility index (Phi) is 6.21. The average molecular weight is 377 g/mol. The Balaban J connectivity index is 1.52. The molecule has 8 nitrogen and oxygen atoms in total. The lowest BCUT2D eigenvalue weighted by Gasteiger charge is -2.35. The molecule has 1 saturated heterocycles. The van der Waals surface area contributed by atoms with Crippen LogP contribution >= 0.6 is 11.3 Å². The molecule has 1 aliphatic heterocycles. The van der Waals surface area contributed by atoms with Crippen molar-refractivity contribution in [2.75, 3.05) is 13.6 Å². The van der Waals surface area contributed by atoms with E-state index in [1.165, 1.54) is 11.9 Å². The molecule has 3 amide bonds. The molecule has 2 aromatic rings. The van der Waals surface area contributed by atoms with Gasteiger partial charge in [0.25, 0.3) is 11.7 Å². The zero-order valence-corrected chi connectivity index (χ0v) is 15.6. The van der Waals surface area contributed by atoms with E-state index in [1.54, 1.807) is 11.3 Å². The van der Waals surface area contributed by atoms with Crippen molar-refractivity contribution in [2.45, 2.75) is 44.7 Å². The molecule has 0 saturated carbocycles. The summed E-state index contributed by atoms with van der Waals surface area (Å²) in [6, 6.07) is 4.32. The van der Waals surface area contributed by atoms with Crippen LogP contribution in [0.3, 0.4) is 0 Å². The number of hydrogen-bond donors (Lipinski definition) is 2. The third kappa shape index (κ3) is 4.60. The number of rotatable bonds is 6. The zero-order valence-electron chi connectivity index (χ0n) is 14.7. The maximum absolute atomic E-state index is 12.6. The average Bonchev–Trinajstić information content (AvgIpc) is 3.36. The summed E-state index contributed by atoms with van der Waals surface area (Å²) in [6.45, 7) is 0.866. The van der Waals surface area contributed by atoms with Crippen molar-refractivity contribution in [1.82, 2.24) is 25.7 Å². The molecule has 1 atom stereocenters. The number of hydrogen-bond acceptors (Lipinski definition) is 6. The molecular weight excluding hydrogens is 354 g/mol. The van der Waals surface area contributed by atoms with Gasteiger partial charge in [-0.15, -0.1) is 11.3 Å². The number of aromatic nitrogens is 2. The zero-order chi connectivity index (χ0) is 18.4. The van der Waals surface area contributed by atoms with Gasteiger partial charge in [-0.05, 0) is 43.6 Å². The third-order valence-electron chi connectivity index (χ3n) is 4.48. The van der Waals surface area contributed by atoms with Crippen molar-refractivity contribution < 1.29 is 14.1 Å². The van der Waals surface area contributed by atoms with Gasteiger partial charge in [-0.2, -0.15) is 4.98 Å². The number of nitrogens with one attached hydrogen (secondary N) is 2. The fourth-order valence-electron chi connectivity index (χ4n) is 3.12. The molecule has 9 heteroatoms. The van der Waals surface area contributed by atoms with Crippen LogP contribution in [-0.2, 0) is 13.0 Å². The maximum Gasteiger partial charge on any atom is 0.318 e. The van der Waals surface area contributed by atoms with Crippen LogP contribution in [0.5, 0.6) is 0 Å². The largest absolute Gasteiger partial charge is 0.352 e. The number of carbonyl (C=O) groups excluding carboxylic acids is 2. The Bertz CT molecular complexity index is 731. The highest BCUT2D eigenvalue weighted by molar-refractivity contribution is 7.09. The predicted octanol–water partition coefficient (Wildman–Crippen LogP) is 2.19. The minimum atomic E-state index is -0.420. The maximum atomic E-state index is 12.6. The molecule has 2 aromatic heterocycles. The standard InChI is InChI=1S/C17H23N5O3S/c1-18-16(23)15-20-14(25-21-15)11-19-17(24)22-9-3-2-5-12(22)7-8-13-6-4-10-26-13/h4,6,10,12H,2-3,5,7-9,11H2,1H3,(H,18,23)(H,19,24)/t12-/m1/s1. The minimum Gasteiger partial charge on any atom is -0.352 e. The van der Waals surface area contributed by atoms with Crippen LogP contribution in [0.4, 0.5) is 4.79 Å². The first-order chi connectivity index (χ1) is 12.7. The van der Waals surface area contributed by atoms with Gasteiger partial charge in [0.15, 0.2) is 0 Å². The Morgan fingerprint density at radius 1 is 1.42 bits per heavy atom. The molecule has 3 heterocycles. The van der Waals surface area contributed by atoms with E-state index in [-0.39, 0.29) is 30.3 Å². The highest BCUT2D eigenvalue weighted by Gasteiger charge is 2.26. The van der Waals surface area contributed by atoms with Crippen LogP contribution in [0.25, 0.3) is 0 Å². The van der Waals surface area contributed by atoms with Gasteiger partial charge < -0.3 is 20.1 Å². The van der Waals surface area contributed by atoms with Crippen molar-refractivity contribution in [1.29, 1.82) is 0 Å². The topological polar surface area (TPSA) is 100 Å². The molecule has 1 fully saturated rings. The lowest BCUT2D eigenvalue weighted by molar-refractivity contribution is 0.0949. The molecule has 26 heavy (non-hydrogen) atoms. The smallest absolute Gasteiger partial charge is 0.318 e. The molecule has 0 spiro atoms. The first-order valence-electron chi connectivity index (χ1n) is 8.79. The molecule has 1 aliphatic rings. The summed E-state index contributed by atoms with van der Waals surface area (Å²) in [6.07, 6.45) is 5.16. The Morgan fingerprint density at radius 2 is 2.31 bits per heavy atom. The molecule has 2 N–H and O–H groups in total. The Morgan fingerprint density at radius 3 is 3.08 bits per heavy atom. The van der Waals surface area contributed by atoms with Crippen molar-refractivity contribution in [2.24, 2.45) is 0 Å². The van der Waals surface area contributed by atoms with E-state index in [4.69, 9.17) is 4.52 Å². The van der Waals surface area contributed by atoms with Crippen molar-refractivity contribution in [3.05, 3.63) is 34.1 Å². The first-order valence-corrected chi connectivity index (χ1v) is 9.67. The molecule has 0 aliphatic carbocycles. The number of piperidine rings is 1. The second-order valence-electron chi connectivity index (χ2n) is 6.21. The van der Waals surface area contributed by atoms with Crippen LogP contribution in [0.2, 0.25) is 0 Å². The Labute approximate surface area is 156 Å². The SMILES string of the molecule is CNC(=O)c1noc(CNC(=O)N2CCCC[C@@H]2CCc2cccs2)n1. The van der Waals surface area contributed by atoms with E-state index < -0.39 is 5.91 Å². The number of nitrogens with zero attached hydrogens (tertiary/aromatic N) is 3. The van der Waals surface area contributed by atoms with Crippen LogP contribution in [0.1, 0.15) is 47.1 Å². The summed E-state index contributed by atoms with van der Waals surface area (Å²) < 4.78 is 4.99. The van der Waals surface area contributed by atoms with Gasteiger partial charge in [-0.3, -0.25) is 4.79 Å². The molecule has 0 aromatic carbocycles. The fraction of sp³-hybridized carbons (Fsp3) is 0.529. The van der Waals surface area contributed by atoms with Crippen LogP contribution in [0, 0.1) is 0 Å². The molecule has 3 rings (SSSR count). The van der Waals surface area contributed by atoms with E-state index in [1.807, 2.05) is 4.90 Å². The van der Waals surface area contributed by atoms with Gasteiger partial charge in [0, 0.05) is 24.5 Å². The van der Waals surface area contributed by atoms with E-state index >= 15 is 0 Å². The van der Waals surface area contributed by atoms with Gasteiger partial charge >= 0.3 is 6.03 Å². The second kappa shape index (κ2) is 8.79. The molecule has 0 bridgehead atoms. The van der Waals surface area contributed by atoms with Gasteiger partial charge in [0.1, 0.15) is 0 Å². The number of amides is 3. The van der Waals surface area contributed by atoms with Gasteiger partial charge in [-0.25, -0.2) is 4.79 Å². The van der Waals surface area contributed by atoms with Crippen LogP contribution < -0.4 is 10.6 Å². The predicted molar refractivity (Wildman–Crippen MR) is 96.9 cm³/mol. The van der Waals surface area contributed by atoms with Gasteiger partial charge in [0.2, 0.25) is 5.89 Å². The molecule has 0 radical (unpaired) electrons. The van der Waals surface area contributed by atoms with Crippen molar-refractivity contribution >= 4 is 23.3 Å². The van der Waals surface area contributed by atoms with E-state index in [9.17, 15) is 9.59 Å². The number of aryl methyl sites for hydroxylation is 1. The minimum absolute atomic E-state index is 0.0384.